The highest BCUT2D eigenvalue weighted by molar-refractivity contribution is 5.81. The zero-order chi connectivity index (χ0) is 16.5. The molecule has 2 aromatic rings. The highest BCUT2D eigenvalue weighted by Crippen LogP contribution is 2.20. The number of carbonyl (C=O) groups is 1. The number of rotatable bonds is 3. The van der Waals surface area contributed by atoms with Crippen molar-refractivity contribution in [1.82, 2.24) is 19.8 Å². The molecule has 1 aromatic carbocycles. The Morgan fingerprint density at radius 3 is 3.00 bits per heavy atom. The molecule has 0 fully saturated rings. The van der Waals surface area contributed by atoms with Crippen molar-refractivity contribution in [2.45, 2.75) is 51.4 Å². The third kappa shape index (κ3) is 2.96. The Bertz CT molecular complexity index is 738. The van der Waals surface area contributed by atoms with Gasteiger partial charge in [0.2, 0.25) is 5.91 Å². The molecule has 0 radical (unpaired) electrons. The van der Waals surface area contributed by atoms with Gasteiger partial charge < -0.3 is 9.88 Å². The van der Waals surface area contributed by atoms with Crippen molar-refractivity contribution >= 4 is 5.91 Å². The molecular formula is C19H24N4O. The van der Waals surface area contributed by atoms with Crippen molar-refractivity contribution in [3.63, 3.8) is 0 Å². The molecule has 3 heterocycles. The highest BCUT2D eigenvalue weighted by atomic mass is 16.2. The number of carbonyl (C=O) groups excluding carboxylic acids is 1. The Balaban J connectivity index is 1.37. The average Bonchev–Trinajstić information content (AvgIpc) is 3.08. The van der Waals surface area contributed by atoms with Gasteiger partial charge in [-0.25, -0.2) is 4.98 Å². The number of fused-ring (bicyclic) bond motifs is 2. The maximum atomic E-state index is 12.7. The fourth-order valence-corrected chi connectivity index (χ4v) is 3.82. The SMILES string of the molecule is C[C@@H](C(=O)N[C@H]1CCc2nccn2C1)N1CCc2ccccc2C1. The van der Waals surface area contributed by atoms with Gasteiger partial charge in [-0.1, -0.05) is 24.3 Å². The number of nitrogens with zero attached hydrogens (tertiary/aromatic N) is 3. The van der Waals surface area contributed by atoms with E-state index in [0.29, 0.717) is 0 Å². The van der Waals surface area contributed by atoms with Crippen LogP contribution in [0.25, 0.3) is 0 Å². The average molecular weight is 324 g/mol. The number of aromatic nitrogens is 2. The molecule has 24 heavy (non-hydrogen) atoms. The third-order valence-electron chi connectivity index (χ3n) is 5.37. The molecular weight excluding hydrogens is 300 g/mol. The summed E-state index contributed by atoms with van der Waals surface area (Å²) in [5.74, 6) is 1.27. The van der Waals surface area contributed by atoms with Gasteiger partial charge in [-0.15, -0.1) is 0 Å². The first-order chi connectivity index (χ1) is 11.7. The van der Waals surface area contributed by atoms with Crippen molar-refractivity contribution in [3.8, 4) is 0 Å². The van der Waals surface area contributed by atoms with Crippen LogP contribution in [0.1, 0.15) is 30.3 Å². The molecule has 0 saturated heterocycles. The van der Waals surface area contributed by atoms with Crippen LogP contribution >= 0.6 is 0 Å². The summed E-state index contributed by atoms with van der Waals surface area (Å²) in [6, 6.07) is 8.66. The van der Waals surface area contributed by atoms with E-state index < -0.39 is 0 Å². The third-order valence-corrected chi connectivity index (χ3v) is 5.37. The predicted molar refractivity (Wildman–Crippen MR) is 92.5 cm³/mol. The summed E-state index contributed by atoms with van der Waals surface area (Å²) >= 11 is 0. The summed E-state index contributed by atoms with van der Waals surface area (Å²) in [6.07, 6.45) is 6.77. The first-order valence-corrected chi connectivity index (χ1v) is 8.82. The van der Waals surface area contributed by atoms with Gasteiger partial charge in [0.05, 0.1) is 6.04 Å². The molecule has 0 saturated carbocycles. The molecule has 126 valence electrons. The second-order valence-electron chi connectivity index (χ2n) is 6.91. The van der Waals surface area contributed by atoms with Crippen LogP contribution in [0.4, 0.5) is 0 Å². The normalized spacial score (nSPS) is 21.6. The Kier molecular flexibility index (Phi) is 4.10. The van der Waals surface area contributed by atoms with Crippen molar-refractivity contribution in [3.05, 3.63) is 53.6 Å². The highest BCUT2D eigenvalue weighted by Gasteiger charge is 2.27. The number of amides is 1. The largest absolute Gasteiger partial charge is 0.350 e. The topological polar surface area (TPSA) is 50.2 Å². The number of hydrogen-bond donors (Lipinski definition) is 1. The number of imidazole rings is 1. The maximum Gasteiger partial charge on any atom is 0.237 e. The van der Waals surface area contributed by atoms with Crippen LogP contribution in [0.3, 0.4) is 0 Å². The molecule has 0 bridgehead atoms. The van der Waals surface area contributed by atoms with E-state index in [-0.39, 0.29) is 18.0 Å². The van der Waals surface area contributed by atoms with Crippen LogP contribution in [-0.2, 0) is 30.7 Å². The van der Waals surface area contributed by atoms with Crippen LogP contribution in [0.5, 0.6) is 0 Å². The quantitative estimate of drug-likeness (QED) is 0.936. The lowest BCUT2D eigenvalue weighted by Gasteiger charge is -2.34. The van der Waals surface area contributed by atoms with E-state index in [1.54, 1.807) is 0 Å². The minimum Gasteiger partial charge on any atom is -0.350 e. The molecule has 2 atom stereocenters. The molecule has 5 heteroatoms. The number of hydrogen-bond acceptors (Lipinski definition) is 3. The van der Waals surface area contributed by atoms with Gasteiger partial charge >= 0.3 is 0 Å². The lowest BCUT2D eigenvalue weighted by atomic mass is 9.98. The Hall–Kier alpha value is -2.14. The fourth-order valence-electron chi connectivity index (χ4n) is 3.82. The van der Waals surface area contributed by atoms with Gasteiger partial charge in [-0.3, -0.25) is 9.69 Å². The van der Waals surface area contributed by atoms with Gasteiger partial charge in [0.25, 0.3) is 0 Å². The molecule has 1 N–H and O–H groups in total. The van der Waals surface area contributed by atoms with E-state index in [4.69, 9.17) is 0 Å². The lowest BCUT2D eigenvalue weighted by Crippen LogP contribution is -2.51. The summed E-state index contributed by atoms with van der Waals surface area (Å²) in [6.45, 7) is 4.66. The summed E-state index contributed by atoms with van der Waals surface area (Å²) in [5.41, 5.74) is 2.77. The first kappa shape index (κ1) is 15.4. The van der Waals surface area contributed by atoms with Crippen LogP contribution in [0.2, 0.25) is 0 Å². The van der Waals surface area contributed by atoms with Gasteiger partial charge in [0.15, 0.2) is 0 Å². The summed E-state index contributed by atoms with van der Waals surface area (Å²) in [4.78, 5) is 19.3. The molecule has 0 aliphatic carbocycles. The van der Waals surface area contributed by atoms with Crippen LogP contribution in [-0.4, -0.2) is 39.0 Å². The monoisotopic (exact) mass is 324 g/mol. The standard InChI is InChI=1S/C19H24N4O/c1-14(22-10-8-15-4-2-3-5-16(15)12-22)19(24)21-17-6-7-18-20-9-11-23(18)13-17/h2-5,9,11,14,17H,6-8,10,12-13H2,1H3,(H,21,24)/t14-,17-/m0/s1. The summed E-state index contributed by atoms with van der Waals surface area (Å²) < 4.78 is 2.15. The minimum absolute atomic E-state index is 0.0949. The first-order valence-electron chi connectivity index (χ1n) is 8.82. The van der Waals surface area contributed by atoms with Crippen LogP contribution in [0, 0.1) is 0 Å². The van der Waals surface area contributed by atoms with E-state index in [9.17, 15) is 4.79 Å². The molecule has 2 aliphatic rings. The Morgan fingerprint density at radius 1 is 1.29 bits per heavy atom. The molecule has 0 spiro atoms. The fraction of sp³-hybridized carbons (Fsp3) is 0.474. The summed E-state index contributed by atoms with van der Waals surface area (Å²) in [5, 5.41) is 3.24. The van der Waals surface area contributed by atoms with E-state index in [1.165, 1.54) is 11.1 Å². The Labute approximate surface area is 142 Å². The Morgan fingerprint density at radius 2 is 2.12 bits per heavy atom. The van der Waals surface area contributed by atoms with Crippen molar-refractivity contribution in [2.24, 2.45) is 0 Å². The minimum atomic E-state index is -0.0949. The van der Waals surface area contributed by atoms with Gasteiger partial charge in [0.1, 0.15) is 5.82 Å². The number of nitrogens with one attached hydrogen (secondary N) is 1. The maximum absolute atomic E-state index is 12.7. The zero-order valence-electron chi connectivity index (χ0n) is 14.1. The second kappa shape index (κ2) is 6.40. The van der Waals surface area contributed by atoms with E-state index >= 15 is 0 Å². The van der Waals surface area contributed by atoms with Crippen LogP contribution < -0.4 is 5.32 Å². The van der Waals surface area contributed by atoms with Gasteiger partial charge in [-0.2, -0.15) is 0 Å². The van der Waals surface area contributed by atoms with Gasteiger partial charge in [0, 0.05) is 44.5 Å². The van der Waals surface area contributed by atoms with E-state index in [1.807, 2.05) is 19.3 Å². The van der Waals surface area contributed by atoms with Crippen molar-refractivity contribution < 1.29 is 4.79 Å². The molecule has 1 amide bonds. The molecule has 0 unspecified atom stereocenters. The zero-order valence-corrected chi connectivity index (χ0v) is 14.1. The van der Waals surface area contributed by atoms with E-state index in [0.717, 1.165) is 44.7 Å². The molecule has 4 rings (SSSR count). The number of aryl methyl sites for hydroxylation is 1. The van der Waals surface area contributed by atoms with E-state index in [2.05, 4.69) is 44.0 Å². The van der Waals surface area contributed by atoms with Crippen molar-refractivity contribution in [1.29, 1.82) is 0 Å². The summed E-state index contributed by atoms with van der Waals surface area (Å²) in [7, 11) is 0. The molecule has 1 aromatic heterocycles. The smallest absolute Gasteiger partial charge is 0.237 e. The predicted octanol–water partition coefficient (Wildman–Crippen LogP) is 1.76. The second-order valence-corrected chi connectivity index (χ2v) is 6.91. The lowest BCUT2D eigenvalue weighted by molar-refractivity contribution is -0.127. The number of benzene rings is 1. The van der Waals surface area contributed by atoms with Gasteiger partial charge in [-0.05, 0) is 30.9 Å². The van der Waals surface area contributed by atoms with Crippen molar-refractivity contribution in [2.75, 3.05) is 6.54 Å². The molecule has 5 nitrogen and oxygen atoms in total. The molecule has 2 aliphatic heterocycles. The van der Waals surface area contributed by atoms with Crippen LogP contribution in [0.15, 0.2) is 36.7 Å².